The zero-order valence-corrected chi connectivity index (χ0v) is 10.7. The van der Waals surface area contributed by atoms with Crippen LogP contribution in [-0.4, -0.2) is 31.3 Å². The molecule has 96 valence electrons. The van der Waals surface area contributed by atoms with Crippen molar-refractivity contribution in [2.24, 2.45) is 5.73 Å². The van der Waals surface area contributed by atoms with Crippen molar-refractivity contribution in [3.05, 3.63) is 0 Å². The largest absolute Gasteiger partial charge is 0.350 e. The van der Waals surface area contributed by atoms with Crippen molar-refractivity contribution in [1.29, 1.82) is 0 Å². The number of unbranched alkanes of at least 4 members (excludes halogenated alkanes) is 1. The van der Waals surface area contributed by atoms with Crippen LogP contribution in [0.5, 0.6) is 0 Å². The molecule has 1 unspecified atom stereocenters. The monoisotopic (exact) mass is 231 g/mol. The lowest BCUT2D eigenvalue weighted by Gasteiger charge is -2.10. The van der Waals surface area contributed by atoms with E-state index in [1.54, 1.807) is 0 Å². The van der Waals surface area contributed by atoms with E-state index in [1.165, 1.54) is 6.92 Å². The van der Waals surface area contributed by atoms with Crippen LogP contribution in [0.15, 0.2) is 0 Å². The van der Waals surface area contributed by atoms with Crippen LogP contribution in [0.2, 0.25) is 0 Å². The number of rotatable bonds is 6. The summed E-state index contributed by atoms with van der Waals surface area (Å²) in [5, 5.41) is 0. The molecular formula is C12H25NO3. The average Bonchev–Trinajstić information content (AvgIpc) is 2.79. The maximum absolute atomic E-state index is 10.8. The predicted molar refractivity (Wildman–Crippen MR) is 64.2 cm³/mol. The molecule has 0 saturated carbocycles. The van der Waals surface area contributed by atoms with E-state index in [1.807, 2.05) is 13.8 Å². The molecule has 1 aliphatic heterocycles. The predicted octanol–water partition coefficient (Wildman–Crippen LogP) is 1.86. The van der Waals surface area contributed by atoms with Crippen LogP contribution in [0.1, 0.15) is 46.5 Å². The summed E-state index contributed by atoms with van der Waals surface area (Å²) in [6, 6.07) is -0.291. The van der Waals surface area contributed by atoms with Gasteiger partial charge >= 0.3 is 0 Å². The lowest BCUT2D eigenvalue weighted by atomic mass is 10.1. The molecular weight excluding hydrogens is 206 g/mol. The highest BCUT2D eigenvalue weighted by atomic mass is 16.7. The Morgan fingerprint density at radius 1 is 1.31 bits per heavy atom. The van der Waals surface area contributed by atoms with Gasteiger partial charge in [0.15, 0.2) is 6.29 Å². The van der Waals surface area contributed by atoms with Crippen molar-refractivity contribution in [3.63, 3.8) is 0 Å². The average molecular weight is 231 g/mol. The minimum Gasteiger partial charge on any atom is -0.350 e. The van der Waals surface area contributed by atoms with Crippen molar-refractivity contribution in [2.75, 3.05) is 13.2 Å². The molecule has 1 rings (SSSR count). The zero-order valence-electron chi connectivity index (χ0n) is 10.7. The highest BCUT2D eigenvalue weighted by molar-refractivity contribution is 5.80. The minimum atomic E-state index is -0.291. The first-order chi connectivity index (χ1) is 7.70. The smallest absolute Gasteiger partial charge is 0.157 e. The lowest BCUT2D eigenvalue weighted by Crippen LogP contribution is -2.27. The van der Waals surface area contributed by atoms with Crippen LogP contribution in [0.25, 0.3) is 0 Å². The van der Waals surface area contributed by atoms with Gasteiger partial charge in [0.05, 0.1) is 19.3 Å². The van der Waals surface area contributed by atoms with Gasteiger partial charge in [0.2, 0.25) is 0 Å². The molecule has 2 N–H and O–H groups in total. The van der Waals surface area contributed by atoms with Gasteiger partial charge in [-0.3, -0.25) is 4.79 Å². The number of ether oxygens (including phenoxy) is 2. The maximum atomic E-state index is 10.8. The molecule has 0 aromatic heterocycles. The van der Waals surface area contributed by atoms with E-state index < -0.39 is 0 Å². The van der Waals surface area contributed by atoms with Gasteiger partial charge in [0.25, 0.3) is 0 Å². The van der Waals surface area contributed by atoms with E-state index in [0.717, 1.165) is 25.7 Å². The molecule has 1 aliphatic rings. The molecule has 1 saturated heterocycles. The third-order valence-corrected chi connectivity index (χ3v) is 2.42. The number of carbonyl (C=O) groups is 1. The Bertz CT molecular complexity index is 179. The Labute approximate surface area is 98.5 Å². The summed E-state index contributed by atoms with van der Waals surface area (Å²) < 4.78 is 10.6. The van der Waals surface area contributed by atoms with E-state index >= 15 is 0 Å². The number of hydrogen-bond acceptors (Lipinski definition) is 4. The van der Waals surface area contributed by atoms with Crippen LogP contribution < -0.4 is 5.73 Å². The van der Waals surface area contributed by atoms with E-state index in [2.05, 4.69) is 0 Å². The summed E-state index contributed by atoms with van der Waals surface area (Å²) in [5.74, 6) is 0.0679. The molecule has 0 aromatic rings. The molecule has 0 aliphatic carbocycles. The number of Topliss-reactive ketones (excluding diaryl/α,β-unsaturated/α-hetero) is 1. The molecule has 1 atom stereocenters. The summed E-state index contributed by atoms with van der Waals surface area (Å²) in [6.07, 6.45) is 3.62. The molecule has 4 nitrogen and oxygen atoms in total. The SMILES string of the molecule is CC.CC(=O)C(N)CCCCC1OCCO1. The Balaban J connectivity index is 0.00000106. The molecule has 0 spiro atoms. The topological polar surface area (TPSA) is 61.6 Å². The molecule has 0 radical (unpaired) electrons. The molecule has 0 aromatic carbocycles. The first-order valence-electron chi connectivity index (χ1n) is 6.19. The van der Waals surface area contributed by atoms with Crippen molar-refractivity contribution in [3.8, 4) is 0 Å². The number of carbonyl (C=O) groups excluding carboxylic acids is 1. The van der Waals surface area contributed by atoms with Gasteiger partial charge in [-0.05, 0) is 26.2 Å². The second-order valence-corrected chi connectivity index (χ2v) is 3.67. The fraction of sp³-hybridized carbons (Fsp3) is 0.917. The Hall–Kier alpha value is -0.450. The quantitative estimate of drug-likeness (QED) is 0.709. The van der Waals surface area contributed by atoms with Crippen LogP contribution >= 0.6 is 0 Å². The van der Waals surface area contributed by atoms with Gasteiger partial charge in [-0.25, -0.2) is 0 Å². The first-order valence-corrected chi connectivity index (χ1v) is 6.19. The second kappa shape index (κ2) is 9.75. The van der Waals surface area contributed by atoms with E-state index in [0.29, 0.717) is 13.2 Å². The van der Waals surface area contributed by atoms with Crippen LogP contribution in [-0.2, 0) is 14.3 Å². The van der Waals surface area contributed by atoms with E-state index in [9.17, 15) is 4.79 Å². The number of ketones is 1. The second-order valence-electron chi connectivity index (χ2n) is 3.67. The van der Waals surface area contributed by atoms with Crippen molar-refractivity contribution in [2.45, 2.75) is 58.8 Å². The summed E-state index contributed by atoms with van der Waals surface area (Å²) in [6.45, 7) is 6.95. The van der Waals surface area contributed by atoms with Crippen LogP contribution in [0, 0.1) is 0 Å². The highest BCUT2D eigenvalue weighted by Crippen LogP contribution is 2.12. The Kier molecular flexibility index (Phi) is 9.48. The lowest BCUT2D eigenvalue weighted by molar-refractivity contribution is -0.118. The third kappa shape index (κ3) is 6.93. The van der Waals surface area contributed by atoms with Gasteiger partial charge in [0, 0.05) is 0 Å². The summed E-state index contributed by atoms with van der Waals surface area (Å²) in [7, 11) is 0. The molecule has 4 heteroatoms. The summed E-state index contributed by atoms with van der Waals surface area (Å²) in [4.78, 5) is 10.8. The molecule has 16 heavy (non-hydrogen) atoms. The van der Waals surface area contributed by atoms with Gasteiger partial charge in [-0.1, -0.05) is 20.3 Å². The Morgan fingerprint density at radius 3 is 2.38 bits per heavy atom. The van der Waals surface area contributed by atoms with Crippen molar-refractivity contribution >= 4 is 5.78 Å². The molecule has 1 fully saturated rings. The number of hydrogen-bond donors (Lipinski definition) is 1. The van der Waals surface area contributed by atoms with Crippen LogP contribution in [0.4, 0.5) is 0 Å². The fourth-order valence-corrected chi connectivity index (χ4v) is 1.45. The minimum absolute atomic E-state index is 0.0245. The number of nitrogens with two attached hydrogens (primary N) is 1. The van der Waals surface area contributed by atoms with Crippen LogP contribution in [0.3, 0.4) is 0 Å². The fourth-order valence-electron chi connectivity index (χ4n) is 1.45. The zero-order chi connectivity index (χ0) is 12.4. The highest BCUT2D eigenvalue weighted by Gasteiger charge is 2.15. The standard InChI is InChI=1S/C10H19NO3.C2H6/c1-8(12)9(11)4-2-3-5-10-13-6-7-14-10;1-2/h9-10H,2-7,11H2,1H3;1-2H3. The van der Waals surface area contributed by atoms with Gasteiger partial charge in [-0.15, -0.1) is 0 Å². The Morgan fingerprint density at radius 2 is 1.88 bits per heavy atom. The summed E-state index contributed by atoms with van der Waals surface area (Å²) in [5.41, 5.74) is 5.60. The van der Waals surface area contributed by atoms with E-state index in [-0.39, 0.29) is 18.1 Å². The van der Waals surface area contributed by atoms with Crippen molar-refractivity contribution < 1.29 is 14.3 Å². The third-order valence-electron chi connectivity index (χ3n) is 2.42. The molecule has 1 heterocycles. The maximum Gasteiger partial charge on any atom is 0.157 e. The van der Waals surface area contributed by atoms with Gasteiger partial charge in [0.1, 0.15) is 5.78 Å². The van der Waals surface area contributed by atoms with Crippen molar-refractivity contribution in [1.82, 2.24) is 0 Å². The normalized spacial score (nSPS) is 17.8. The summed E-state index contributed by atoms with van der Waals surface area (Å²) >= 11 is 0. The van der Waals surface area contributed by atoms with Gasteiger partial charge in [-0.2, -0.15) is 0 Å². The molecule has 0 amide bonds. The molecule has 0 bridgehead atoms. The van der Waals surface area contributed by atoms with E-state index in [4.69, 9.17) is 15.2 Å². The van der Waals surface area contributed by atoms with Gasteiger partial charge < -0.3 is 15.2 Å². The first kappa shape index (κ1) is 15.6.